The Hall–Kier alpha value is -2.28. The fourth-order valence-corrected chi connectivity index (χ4v) is 2.67. The van der Waals surface area contributed by atoms with Crippen molar-refractivity contribution in [3.8, 4) is 0 Å². The number of hydrogen-bond donors (Lipinski definition) is 0. The van der Waals surface area contributed by atoms with Crippen LogP contribution in [0.4, 0.5) is 0 Å². The van der Waals surface area contributed by atoms with Gasteiger partial charge in [0, 0.05) is 40.0 Å². The third-order valence-electron chi connectivity index (χ3n) is 4.81. The minimum Gasteiger partial charge on any atom is -0.463 e. The van der Waals surface area contributed by atoms with Gasteiger partial charge in [0.05, 0.1) is 65.7 Å². The molecule has 196 valence electrons. The van der Waals surface area contributed by atoms with Gasteiger partial charge in [0.25, 0.3) is 0 Å². The maximum atomic E-state index is 12.1. The normalized spacial score (nSPS) is 21.8. The summed E-state index contributed by atoms with van der Waals surface area (Å²) >= 11 is 0. The zero-order valence-electron chi connectivity index (χ0n) is 20.3. The lowest BCUT2D eigenvalue weighted by molar-refractivity contribution is -0.148. The Balaban J connectivity index is 2.37. The highest BCUT2D eigenvalue weighted by Gasteiger charge is 2.13. The average molecular weight is 491 g/mol. The van der Waals surface area contributed by atoms with Gasteiger partial charge in [0.15, 0.2) is 0 Å². The summed E-state index contributed by atoms with van der Waals surface area (Å²) in [6, 6.07) is 0. The molecule has 0 N–H and O–H groups in total. The second-order valence-corrected chi connectivity index (χ2v) is 7.52. The number of esters is 2. The Morgan fingerprint density at radius 2 is 0.794 bits per heavy atom. The van der Waals surface area contributed by atoms with Gasteiger partial charge in [-0.25, -0.2) is 0 Å². The molecule has 0 atom stereocenters. The third-order valence-corrected chi connectivity index (χ3v) is 4.81. The summed E-state index contributed by atoms with van der Waals surface area (Å²) in [5.41, 5.74) is 0. The standard InChI is InChI=1S/C22H38N2O10/c1-23-7-9-29-11-12-30-10-8-24(2)20(26)4-6-22(28)34-18-16-32-14-13-31-15-17-33-21(27)5-3-19(23)25/h3-18H2,1-2H3. The third kappa shape index (κ3) is 15.5. The zero-order valence-corrected chi connectivity index (χ0v) is 20.3. The number of rotatable bonds is 0. The van der Waals surface area contributed by atoms with Crippen LogP contribution in [0.2, 0.25) is 0 Å². The average Bonchev–Trinajstić information content (AvgIpc) is 2.82. The van der Waals surface area contributed by atoms with Gasteiger partial charge in [-0.3, -0.25) is 19.2 Å². The van der Waals surface area contributed by atoms with E-state index in [4.69, 9.17) is 28.4 Å². The van der Waals surface area contributed by atoms with E-state index in [1.807, 2.05) is 0 Å². The van der Waals surface area contributed by atoms with Crippen LogP contribution in [0.5, 0.6) is 0 Å². The van der Waals surface area contributed by atoms with Crippen LogP contribution in [0, 0.1) is 0 Å². The van der Waals surface area contributed by atoms with Crippen molar-refractivity contribution in [2.24, 2.45) is 0 Å². The first-order chi connectivity index (χ1) is 16.4. The molecule has 0 aromatic carbocycles. The maximum absolute atomic E-state index is 12.1. The summed E-state index contributed by atoms with van der Waals surface area (Å²) in [6.07, 6.45) is 0.112. The predicted molar refractivity (Wildman–Crippen MR) is 119 cm³/mol. The Labute approximate surface area is 200 Å². The highest BCUT2D eigenvalue weighted by Crippen LogP contribution is 2.00. The van der Waals surface area contributed by atoms with Crippen molar-refractivity contribution in [3.05, 3.63) is 0 Å². The molecule has 0 bridgehead atoms. The van der Waals surface area contributed by atoms with E-state index >= 15 is 0 Å². The van der Waals surface area contributed by atoms with E-state index in [-0.39, 0.29) is 63.9 Å². The van der Waals surface area contributed by atoms with Gasteiger partial charge < -0.3 is 38.2 Å². The van der Waals surface area contributed by atoms with E-state index in [0.717, 1.165) is 0 Å². The first-order valence-corrected chi connectivity index (χ1v) is 11.5. The van der Waals surface area contributed by atoms with Gasteiger partial charge in [0.1, 0.15) is 13.2 Å². The lowest BCUT2D eigenvalue weighted by Crippen LogP contribution is -2.31. The Bertz CT molecular complexity index is 564. The molecular weight excluding hydrogens is 452 g/mol. The number of cyclic esters (lactones) is 2. The Kier molecular flexibility index (Phi) is 16.7. The van der Waals surface area contributed by atoms with Crippen molar-refractivity contribution in [2.75, 3.05) is 93.3 Å². The van der Waals surface area contributed by atoms with E-state index in [1.165, 1.54) is 9.80 Å². The van der Waals surface area contributed by atoms with E-state index < -0.39 is 11.9 Å². The van der Waals surface area contributed by atoms with E-state index in [0.29, 0.717) is 52.7 Å². The molecular formula is C22H38N2O10. The van der Waals surface area contributed by atoms with Crippen molar-refractivity contribution < 1.29 is 47.6 Å². The molecule has 1 aliphatic heterocycles. The molecule has 1 heterocycles. The van der Waals surface area contributed by atoms with E-state index in [2.05, 4.69) is 0 Å². The molecule has 12 heteroatoms. The molecule has 1 fully saturated rings. The molecule has 1 saturated heterocycles. The van der Waals surface area contributed by atoms with Crippen LogP contribution in [0.3, 0.4) is 0 Å². The van der Waals surface area contributed by atoms with Crippen LogP contribution in [-0.4, -0.2) is 127 Å². The fraction of sp³-hybridized carbons (Fsp3) is 0.818. The minimum atomic E-state index is -0.461. The first kappa shape index (κ1) is 29.8. The zero-order chi connectivity index (χ0) is 25.0. The largest absolute Gasteiger partial charge is 0.463 e. The minimum absolute atomic E-state index is 0.00332. The molecule has 2 amide bonds. The highest BCUT2D eigenvalue weighted by atomic mass is 16.6. The summed E-state index contributed by atoms with van der Waals surface area (Å²) in [6.45, 7) is 3.34. The van der Waals surface area contributed by atoms with Crippen LogP contribution in [0.25, 0.3) is 0 Å². The number of ether oxygens (including phenoxy) is 6. The second kappa shape index (κ2) is 19.1. The summed E-state index contributed by atoms with van der Waals surface area (Å²) < 4.78 is 31.5. The lowest BCUT2D eigenvalue weighted by Gasteiger charge is -2.18. The lowest BCUT2D eigenvalue weighted by atomic mass is 10.3. The number of carbonyl (C=O) groups excluding carboxylic acids is 4. The SMILES string of the molecule is CN1CCOCCOCCN(C)C(=O)CCC(=O)OCCOCCOCCOC(=O)CCC1=O. The maximum Gasteiger partial charge on any atom is 0.306 e. The van der Waals surface area contributed by atoms with Crippen LogP contribution >= 0.6 is 0 Å². The van der Waals surface area contributed by atoms with Crippen molar-refractivity contribution in [1.82, 2.24) is 9.80 Å². The number of hydrogen-bond acceptors (Lipinski definition) is 10. The number of amides is 2. The quantitative estimate of drug-likeness (QED) is 0.415. The molecule has 0 saturated carbocycles. The second-order valence-electron chi connectivity index (χ2n) is 7.52. The molecule has 0 aromatic heterocycles. The molecule has 34 heavy (non-hydrogen) atoms. The smallest absolute Gasteiger partial charge is 0.306 e. The van der Waals surface area contributed by atoms with Gasteiger partial charge in [-0.2, -0.15) is 0 Å². The molecule has 1 aliphatic rings. The Morgan fingerprint density at radius 1 is 0.471 bits per heavy atom. The highest BCUT2D eigenvalue weighted by molar-refractivity contribution is 5.81. The van der Waals surface area contributed by atoms with Crippen LogP contribution in [0.1, 0.15) is 25.7 Å². The first-order valence-electron chi connectivity index (χ1n) is 11.5. The van der Waals surface area contributed by atoms with Crippen molar-refractivity contribution in [2.45, 2.75) is 25.7 Å². The van der Waals surface area contributed by atoms with E-state index in [9.17, 15) is 19.2 Å². The topological polar surface area (TPSA) is 130 Å². The summed E-state index contributed by atoms with van der Waals surface area (Å²) in [5, 5.41) is 0. The van der Waals surface area contributed by atoms with Crippen molar-refractivity contribution in [3.63, 3.8) is 0 Å². The predicted octanol–water partition coefficient (Wildman–Crippen LogP) is -0.370. The van der Waals surface area contributed by atoms with Crippen molar-refractivity contribution >= 4 is 23.8 Å². The number of carbonyl (C=O) groups is 4. The van der Waals surface area contributed by atoms with Gasteiger partial charge in [-0.05, 0) is 0 Å². The van der Waals surface area contributed by atoms with Crippen LogP contribution < -0.4 is 0 Å². The van der Waals surface area contributed by atoms with Gasteiger partial charge >= 0.3 is 11.9 Å². The number of nitrogens with zero attached hydrogens (tertiary/aromatic N) is 2. The Morgan fingerprint density at radius 3 is 1.18 bits per heavy atom. The molecule has 0 radical (unpaired) electrons. The van der Waals surface area contributed by atoms with Gasteiger partial charge in [-0.1, -0.05) is 0 Å². The molecule has 12 nitrogen and oxygen atoms in total. The molecule has 1 rings (SSSR count). The molecule has 0 spiro atoms. The monoisotopic (exact) mass is 490 g/mol. The fourth-order valence-electron chi connectivity index (χ4n) is 2.67. The molecule has 0 unspecified atom stereocenters. The van der Waals surface area contributed by atoms with E-state index in [1.54, 1.807) is 14.1 Å². The van der Waals surface area contributed by atoms with Gasteiger partial charge in [-0.15, -0.1) is 0 Å². The molecule has 0 aliphatic carbocycles. The summed E-state index contributed by atoms with van der Waals surface area (Å²) in [7, 11) is 3.30. The summed E-state index contributed by atoms with van der Waals surface area (Å²) in [4.78, 5) is 50.6. The molecule has 0 aromatic rings. The van der Waals surface area contributed by atoms with Crippen molar-refractivity contribution in [1.29, 1.82) is 0 Å². The van der Waals surface area contributed by atoms with Crippen LogP contribution in [-0.2, 0) is 47.6 Å². The number of likely N-dealkylation sites (N-methyl/N-ethyl adjacent to an activating group) is 2. The van der Waals surface area contributed by atoms with Crippen LogP contribution in [0.15, 0.2) is 0 Å². The van der Waals surface area contributed by atoms with Gasteiger partial charge in [0.2, 0.25) is 11.8 Å². The summed E-state index contributed by atoms with van der Waals surface area (Å²) in [5.74, 6) is -1.26.